The van der Waals surface area contributed by atoms with Gasteiger partial charge in [0.25, 0.3) is 5.56 Å². The standard InChI is InChI=1S/C16H24N4O3/c1-3-4-10-20-13(17)12(14(21)18-16(20)23)19(2)15(22)11-8-6-5-7-9-11/h5-6,11H,3-4,7-10,17H2,1-2H3,(H,18,21,23). The number of H-pyrrole nitrogens is 1. The normalized spacial score (nSPS) is 17.2. The van der Waals surface area contributed by atoms with Crippen LogP contribution in [0.25, 0.3) is 0 Å². The van der Waals surface area contributed by atoms with Gasteiger partial charge in [-0.05, 0) is 25.7 Å². The first-order valence-corrected chi connectivity index (χ1v) is 8.02. The van der Waals surface area contributed by atoms with Gasteiger partial charge in [-0.1, -0.05) is 25.5 Å². The van der Waals surface area contributed by atoms with Crippen LogP contribution in [0.3, 0.4) is 0 Å². The van der Waals surface area contributed by atoms with Crippen molar-refractivity contribution in [1.29, 1.82) is 0 Å². The molecule has 23 heavy (non-hydrogen) atoms. The number of nitrogens with zero attached hydrogens (tertiary/aromatic N) is 2. The molecule has 7 heteroatoms. The zero-order chi connectivity index (χ0) is 17.0. The van der Waals surface area contributed by atoms with E-state index in [1.165, 1.54) is 16.5 Å². The first-order chi connectivity index (χ1) is 11.0. The summed E-state index contributed by atoms with van der Waals surface area (Å²) in [6.07, 6.45) is 7.96. The molecule has 1 amide bonds. The van der Waals surface area contributed by atoms with Gasteiger partial charge in [0.05, 0.1) is 0 Å². The highest BCUT2D eigenvalue weighted by Crippen LogP contribution is 2.24. The maximum Gasteiger partial charge on any atom is 0.330 e. The summed E-state index contributed by atoms with van der Waals surface area (Å²) < 4.78 is 1.32. The highest BCUT2D eigenvalue weighted by Gasteiger charge is 2.27. The Morgan fingerprint density at radius 3 is 2.78 bits per heavy atom. The summed E-state index contributed by atoms with van der Waals surface area (Å²) in [6, 6.07) is 0. The third-order valence-electron chi connectivity index (χ3n) is 4.23. The van der Waals surface area contributed by atoms with Gasteiger partial charge in [-0.25, -0.2) is 4.79 Å². The van der Waals surface area contributed by atoms with Crippen LogP contribution in [0.1, 0.15) is 39.0 Å². The van der Waals surface area contributed by atoms with Crippen molar-refractivity contribution in [2.75, 3.05) is 17.7 Å². The minimum Gasteiger partial charge on any atom is -0.383 e. The van der Waals surface area contributed by atoms with E-state index in [4.69, 9.17) is 5.73 Å². The lowest BCUT2D eigenvalue weighted by atomic mass is 9.93. The van der Waals surface area contributed by atoms with Gasteiger partial charge >= 0.3 is 5.69 Å². The highest BCUT2D eigenvalue weighted by molar-refractivity contribution is 5.96. The Hall–Kier alpha value is -2.31. The average molecular weight is 320 g/mol. The molecule has 0 bridgehead atoms. The fourth-order valence-corrected chi connectivity index (χ4v) is 2.84. The van der Waals surface area contributed by atoms with Crippen molar-refractivity contribution in [1.82, 2.24) is 9.55 Å². The molecule has 0 aliphatic heterocycles. The topological polar surface area (TPSA) is 101 Å². The van der Waals surface area contributed by atoms with Crippen molar-refractivity contribution in [3.8, 4) is 0 Å². The van der Waals surface area contributed by atoms with Crippen LogP contribution in [-0.4, -0.2) is 22.5 Å². The smallest absolute Gasteiger partial charge is 0.330 e. The predicted octanol–water partition coefficient (Wildman–Crippen LogP) is 1.24. The number of hydrogen-bond acceptors (Lipinski definition) is 4. The van der Waals surface area contributed by atoms with Crippen LogP contribution in [-0.2, 0) is 11.3 Å². The Morgan fingerprint density at radius 2 is 2.17 bits per heavy atom. The molecule has 1 unspecified atom stereocenters. The molecule has 126 valence electrons. The van der Waals surface area contributed by atoms with E-state index < -0.39 is 11.2 Å². The molecule has 1 aliphatic carbocycles. The van der Waals surface area contributed by atoms with E-state index in [-0.39, 0.29) is 23.3 Å². The summed E-state index contributed by atoms with van der Waals surface area (Å²) in [7, 11) is 1.54. The van der Waals surface area contributed by atoms with Crippen LogP contribution in [0, 0.1) is 5.92 Å². The summed E-state index contributed by atoms with van der Waals surface area (Å²) in [5.41, 5.74) is 4.93. The van der Waals surface area contributed by atoms with Crippen LogP contribution >= 0.6 is 0 Å². The lowest BCUT2D eigenvalue weighted by molar-refractivity contribution is -0.122. The van der Waals surface area contributed by atoms with E-state index >= 15 is 0 Å². The van der Waals surface area contributed by atoms with Gasteiger partial charge in [-0.15, -0.1) is 0 Å². The van der Waals surface area contributed by atoms with Crippen LogP contribution in [0.15, 0.2) is 21.7 Å². The second-order valence-corrected chi connectivity index (χ2v) is 5.88. The number of anilines is 2. The molecule has 7 nitrogen and oxygen atoms in total. The number of allylic oxidation sites excluding steroid dienone is 2. The second kappa shape index (κ2) is 7.30. The van der Waals surface area contributed by atoms with Gasteiger partial charge in [0, 0.05) is 19.5 Å². The predicted molar refractivity (Wildman–Crippen MR) is 90.5 cm³/mol. The molecule has 0 spiro atoms. The number of aromatic nitrogens is 2. The summed E-state index contributed by atoms with van der Waals surface area (Å²) >= 11 is 0. The van der Waals surface area contributed by atoms with Crippen LogP contribution in [0.5, 0.6) is 0 Å². The van der Waals surface area contributed by atoms with E-state index in [1.807, 2.05) is 13.0 Å². The molecule has 1 aliphatic rings. The summed E-state index contributed by atoms with van der Waals surface area (Å²) in [5.74, 6) is -0.249. The molecule has 2 rings (SSSR count). The molecular formula is C16H24N4O3. The summed E-state index contributed by atoms with van der Waals surface area (Å²) in [5, 5.41) is 0. The molecule has 1 aromatic heterocycles. The van der Waals surface area contributed by atoms with Crippen molar-refractivity contribution in [2.24, 2.45) is 5.92 Å². The zero-order valence-corrected chi connectivity index (χ0v) is 13.7. The third kappa shape index (κ3) is 3.55. The maximum atomic E-state index is 12.6. The number of hydrogen-bond donors (Lipinski definition) is 2. The fraction of sp³-hybridized carbons (Fsp3) is 0.562. The molecule has 1 aromatic rings. The summed E-state index contributed by atoms with van der Waals surface area (Å²) in [4.78, 5) is 40.2. The molecule has 0 radical (unpaired) electrons. The number of nitrogen functional groups attached to an aromatic ring is 1. The number of carbonyl (C=O) groups is 1. The monoisotopic (exact) mass is 320 g/mol. The first-order valence-electron chi connectivity index (χ1n) is 8.02. The number of nitrogens with two attached hydrogens (primary N) is 1. The zero-order valence-electron chi connectivity index (χ0n) is 13.7. The van der Waals surface area contributed by atoms with Crippen molar-refractivity contribution < 1.29 is 4.79 Å². The Labute approximate surface area is 134 Å². The molecule has 0 fully saturated rings. The van der Waals surface area contributed by atoms with E-state index in [9.17, 15) is 14.4 Å². The quantitative estimate of drug-likeness (QED) is 0.797. The number of unbranched alkanes of at least 4 members (excludes halogenated alkanes) is 1. The largest absolute Gasteiger partial charge is 0.383 e. The Kier molecular flexibility index (Phi) is 5.41. The lowest BCUT2D eigenvalue weighted by Gasteiger charge is -2.25. The SMILES string of the molecule is CCCCn1c(N)c(N(C)C(=O)C2CC=CCC2)c(=O)[nH]c1=O. The fourth-order valence-electron chi connectivity index (χ4n) is 2.84. The average Bonchev–Trinajstić information content (AvgIpc) is 2.54. The Bertz CT molecular complexity index is 717. The van der Waals surface area contributed by atoms with E-state index in [1.54, 1.807) is 0 Å². The Balaban J connectivity index is 2.37. The first kappa shape index (κ1) is 17.1. The van der Waals surface area contributed by atoms with E-state index in [0.29, 0.717) is 13.0 Å². The van der Waals surface area contributed by atoms with Gasteiger partial charge < -0.3 is 10.6 Å². The van der Waals surface area contributed by atoms with Crippen LogP contribution in [0.4, 0.5) is 11.5 Å². The molecule has 0 saturated heterocycles. The number of aromatic amines is 1. The third-order valence-corrected chi connectivity index (χ3v) is 4.23. The van der Waals surface area contributed by atoms with Crippen LogP contribution in [0.2, 0.25) is 0 Å². The molecule has 3 N–H and O–H groups in total. The lowest BCUT2D eigenvalue weighted by Crippen LogP contribution is -2.41. The van der Waals surface area contributed by atoms with E-state index in [0.717, 1.165) is 25.7 Å². The van der Waals surface area contributed by atoms with Crippen molar-refractivity contribution in [3.05, 3.63) is 33.0 Å². The van der Waals surface area contributed by atoms with Gasteiger partial charge in [0.2, 0.25) is 5.91 Å². The van der Waals surface area contributed by atoms with Gasteiger partial charge in [-0.2, -0.15) is 0 Å². The van der Waals surface area contributed by atoms with Crippen molar-refractivity contribution >= 4 is 17.4 Å². The molecule has 0 saturated carbocycles. The number of rotatable bonds is 5. The minimum absolute atomic E-state index is 0.0504. The van der Waals surface area contributed by atoms with Crippen molar-refractivity contribution in [2.45, 2.75) is 45.6 Å². The van der Waals surface area contributed by atoms with Crippen molar-refractivity contribution in [3.63, 3.8) is 0 Å². The number of nitrogens with one attached hydrogen (secondary N) is 1. The highest BCUT2D eigenvalue weighted by atomic mass is 16.2. The van der Waals surface area contributed by atoms with Gasteiger partial charge in [0.1, 0.15) is 5.82 Å². The van der Waals surface area contributed by atoms with Gasteiger partial charge in [-0.3, -0.25) is 19.1 Å². The van der Waals surface area contributed by atoms with Gasteiger partial charge in [0.15, 0.2) is 5.69 Å². The maximum absolute atomic E-state index is 12.6. The number of carbonyl (C=O) groups excluding carboxylic acids is 1. The summed E-state index contributed by atoms with van der Waals surface area (Å²) in [6.45, 7) is 2.42. The second-order valence-electron chi connectivity index (χ2n) is 5.88. The van der Waals surface area contributed by atoms with Crippen LogP contribution < -0.4 is 21.9 Å². The minimum atomic E-state index is -0.623. The molecular weight excluding hydrogens is 296 g/mol. The number of amides is 1. The Morgan fingerprint density at radius 1 is 1.43 bits per heavy atom. The molecule has 1 atom stereocenters. The molecule has 1 heterocycles. The van der Waals surface area contributed by atoms with E-state index in [2.05, 4.69) is 11.1 Å². The molecule has 0 aromatic carbocycles.